The maximum absolute atomic E-state index is 11.9. The predicted molar refractivity (Wildman–Crippen MR) is 76.4 cm³/mol. The van der Waals surface area contributed by atoms with Gasteiger partial charge in [-0.2, -0.15) is 0 Å². The van der Waals surface area contributed by atoms with Crippen LogP contribution >= 0.6 is 39.1 Å². The molecule has 5 heteroatoms. The number of nitrogens with one attached hydrogen (secondary N) is 1. The topological polar surface area (TPSA) is 29.1 Å². The number of hydrogen-bond donors (Lipinski definition) is 1. The molecule has 1 atom stereocenters. The quantitative estimate of drug-likeness (QED) is 0.797. The van der Waals surface area contributed by atoms with Crippen molar-refractivity contribution in [2.24, 2.45) is 0 Å². The fourth-order valence-corrected chi connectivity index (χ4v) is 2.30. The maximum atomic E-state index is 11.9. The predicted octanol–water partition coefficient (Wildman–Crippen LogP) is 4.29. The highest BCUT2D eigenvalue weighted by molar-refractivity contribution is 9.09. The average molecular weight is 339 g/mol. The largest absolute Gasteiger partial charge is 0.350 e. The standard InChI is InChI=1S/C12H14BrCl2NO/c1-8(3-2-4-13)16-12(17)9-5-10(14)7-11(15)6-9/h5-8H,2-4H2,1H3,(H,16,17). The fraction of sp³-hybridized carbons (Fsp3) is 0.417. The normalized spacial score (nSPS) is 12.2. The summed E-state index contributed by atoms with van der Waals surface area (Å²) in [6.45, 7) is 1.98. The molecule has 0 saturated carbocycles. The number of rotatable bonds is 5. The Kier molecular flexibility index (Phi) is 6.31. The molecule has 1 N–H and O–H groups in total. The minimum Gasteiger partial charge on any atom is -0.350 e. The fourth-order valence-electron chi connectivity index (χ4n) is 1.45. The molecule has 94 valence electrons. The van der Waals surface area contributed by atoms with Crippen LogP contribution in [0.3, 0.4) is 0 Å². The van der Waals surface area contributed by atoms with Gasteiger partial charge in [0.25, 0.3) is 5.91 Å². The number of carbonyl (C=O) groups excluding carboxylic acids is 1. The van der Waals surface area contributed by atoms with Crippen LogP contribution in [0.1, 0.15) is 30.1 Å². The molecule has 0 saturated heterocycles. The molecule has 1 amide bonds. The van der Waals surface area contributed by atoms with Crippen molar-refractivity contribution >= 4 is 45.0 Å². The molecule has 0 spiro atoms. The van der Waals surface area contributed by atoms with Crippen molar-refractivity contribution < 1.29 is 4.79 Å². The molecule has 17 heavy (non-hydrogen) atoms. The van der Waals surface area contributed by atoms with E-state index in [1.807, 2.05) is 6.92 Å². The van der Waals surface area contributed by atoms with Crippen molar-refractivity contribution in [3.63, 3.8) is 0 Å². The lowest BCUT2D eigenvalue weighted by atomic mass is 10.1. The summed E-state index contributed by atoms with van der Waals surface area (Å²) < 4.78 is 0. The van der Waals surface area contributed by atoms with Crippen LogP contribution in [0.4, 0.5) is 0 Å². The highest BCUT2D eigenvalue weighted by Crippen LogP contribution is 2.19. The van der Waals surface area contributed by atoms with Gasteiger partial charge >= 0.3 is 0 Å². The minimum absolute atomic E-state index is 0.137. The van der Waals surface area contributed by atoms with Gasteiger partial charge in [0.05, 0.1) is 0 Å². The van der Waals surface area contributed by atoms with E-state index in [2.05, 4.69) is 21.2 Å². The van der Waals surface area contributed by atoms with Crippen molar-refractivity contribution in [1.29, 1.82) is 0 Å². The van der Waals surface area contributed by atoms with Crippen LogP contribution in [0, 0.1) is 0 Å². The van der Waals surface area contributed by atoms with Gasteiger partial charge in [0.2, 0.25) is 0 Å². The highest BCUT2D eigenvalue weighted by atomic mass is 79.9. The highest BCUT2D eigenvalue weighted by Gasteiger charge is 2.10. The number of benzene rings is 1. The molecule has 1 aromatic carbocycles. The maximum Gasteiger partial charge on any atom is 0.251 e. The molecule has 0 aliphatic heterocycles. The average Bonchev–Trinajstić information content (AvgIpc) is 2.25. The molecule has 1 rings (SSSR count). The second kappa shape index (κ2) is 7.24. The Morgan fingerprint density at radius 3 is 2.47 bits per heavy atom. The van der Waals surface area contributed by atoms with Gasteiger partial charge in [-0.3, -0.25) is 4.79 Å². The van der Waals surface area contributed by atoms with Gasteiger partial charge in [0.1, 0.15) is 0 Å². The Labute approximate surface area is 120 Å². The molecule has 0 aliphatic carbocycles. The first-order valence-electron chi connectivity index (χ1n) is 5.36. The van der Waals surface area contributed by atoms with Gasteiger partial charge in [-0.25, -0.2) is 0 Å². The van der Waals surface area contributed by atoms with Crippen molar-refractivity contribution in [1.82, 2.24) is 5.32 Å². The van der Waals surface area contributed by atoms with E-state index in [1.54, 1.807) is 18.2 Å². The van der Waals surface area contributed by atoms with Crippen LogP contribution in [0.5, 0.6) is 0 Å². The number of alkyl halides is 1. The first-order valence-corrected chi connectivity index (χ1v) is 7.23. The lowest BCUT2D eigenvalue weighted by Crippen LogP contribution is -2.32. The summed E-state index contributed by atoms with van der Waals surface area (Å²) in [5, 5.41) is 4.79. The first kappa shape index (κ1) is 14.8. The van der Waals surface area contributed by atoms with E-state index in [0.29, 0.717) is 15.6 Å². The summed E-state index contributed by atoms with van der Waals surface area (Å²) in [5.41, 5.74) is 0.494. The Balaban J connectivity index is 2.63. The van der Waals surface area contributed by atoms with Crippen molar-refractivity contribution in [3.8, 4) is 0 Å². The van der Waals surface area contributed by atoms with E-state index in [-0.39, 0.29) is 11.9 Å². The van der Waals surface area contributed by atoms with E-state index in [1.165, 1.54) is 0 Å². The Morgan fingerprint density at radius 2 is 1.94 bits per heavy atom. The lowest BCUT2D eigenvalue weighted by molar-refractivity contribution is 0.0938. The molecular weight excluding hydrogens is 325 g/mol. The van der Waals surface area contributed by atoms with Crippen LogP contribution in [0.2, 0.25) is 10.0 Å². The molecule has 0 aromatic heterocycles. The summed E-state index contributed by atoms with van der Waals surface area (Å²) in [6.07, 6.45) is 1.96. The molecule has 0 aliphatic rings. The van der Waals surface area contributed by atoms with Gasteiger partial charge < -0.3 is 5.32 Å². The zero-order valence-corrected chi connectivity index (χ0v) is 12.6. The van der Waals surface area contributed by atoms with Gasteiger partial charge in [0.15, 0.2) is 0 Å². The Hall–Kier alpha value is -0.250. The van der Waals surface area contributed by atoms with Crippen LogP contribution in [-0.4, -0.2) is 17.3 Å². The van der Waals surface area contributed by atoms with E-state index in [4.69, 9.17) is 23.2 Å². The van der Waals surface area contributed by atoms with E-state index >= 15 is 0 Å². The van der Waals surface area contributed by atoms with Gasteiger partial charge in [-0.1, -0.05) is 39.1 Å². The number of amides is 1. The second-order valence-electron chi connectivity index (χ2n) is 3.86. The summed E-state index contributed by atoms with van der Waals surface area (Å²) in [7, 11) is 0. The van der Waals surface area contributed by atoms with E-state index < -0.39 is 0 Å². The molecule has 1 aromatic rings. The molecule has 0 bridgehead atoms. The number of halogens is 3. The molecule has 0 fully saturated rings. The third-order valence-electron chi connectivity index (χ3n) is 2.27. The molecule has 2 nitrogen and oxygen atoms in total. The number of carbonyl (C=O) groups is 1. The van der Waals surface area contributed by atoms with Gasteiger partial charge in [-0.15, -0.1) is 0 Å². The van der Waals surface area contributed by atoms with Crippen molar-refractivity contribution in [3.05, 3.63) is 33.8 Å². The van der Waals surface area contributed by atoms with E-state index in [9.17, 15) is 4.79 Å². The first-order chi connectivity index (χ1) is 8.02. The summed E-state index contributed by atoms with van der Waals surface area (Å²) in [4.78, 5) is 11.9. The molecular formula is C12H14BrCl2NO. The van der Waals surface area contributed by atoms with Crippen LogP contribution in [0.25, 0.3) is 0 Å². The summed E-state index contributed by atoms with van der Waals surface area (Å²) in [6, 6.07) is 4.96. The molecule has 0 heterocycles. The van der Waals surface area contributed by atoms with Crippen LogP contribution in [-0.2, 0) is 0 Å². The SMILES string of the molecule is CC(CCCBr)NC(=O)c1cc(Cl)cc(Cl)c1. The Morgan fingerprint density at radius 1 is 1.35 bits per heavy atom. The van der Waals surface area contributed by atoms with E-state index in [0.717, 1.165) is 18.2 Å². The lowest BCUT2D eigenvalue weighted by Gasteiger charge is -2.13. The second-order valence-corrected chi connectivity index (χ2v) is 5.53. The summed E-state index contributed by atoms with van der Waals surface area (Å²) in [5.74, 6) is -0.142. The van der Waals surface area contributed by atoms with Crippen molar-refractivity contribution in [2.75, 3.05) is 5.33 Å². The summed E-state index contributed by atoms with van der Waals surface area (Å²) >= 11 is 15.0. The molecule has 0 radical (unpaired) electrons. The van der Waals surface area contributed by atoms with Gasteiger partial charge in [0, 0.05) is 27.0 Å². The van der Waals surface area contributed by atoms with Gasteiger partial charge in [-0.05, 0) is 38.0 Å². The molecule has 1 unspecified atom stereocenters. The zero-order chi connectivity index (χ0) is 12.8. The van der Waals surface area contributed by atoms with Crippen molar-refractivity contribution in [2.45, 2.75) is 25.8 Å². The van der Waals surface area contributed by atoms with Crippen LogP contribution in [0.15, 0.2) is 18.2 Å². The number of hydrogen-bond acceptors (Lipinski definition) is 1. The minimum atomic E-state index is -0.142. The van der Waals surface area contributed by atoms with Crippen LogP contribution < -0.4 is 5.32 Å². The Bertz CT molecular complexity index is 378. The smallest absolute Gasteiger partial charge is 0.251 e. The zero-order valence-electron chi connectivity index (χ0n) is 9.47. The monoisotopic (exact) mass is 337 g/mol. The third-order valence-corrected chi connectivity index (χ3v) is 3.27. The third kappa shape index (κ3) is 5.28.